The highest BCUT2D eigenvalue weighted by Crippen LogP contribution is 2.33. The van der Waals surface area contributed by atoms with Crippen LogP contribution in [0.4, 0.5) is 17.1 Å². The summed E-state index contributed by atoms with van der Waals surface area (Å²) in [7, 11) is 1.69. The molecule has 210 valence electrons. The molecule has 12 heteroatoms. The molecular weight excluding hydrogens is 540 g/mol. The average molecular weight is 575 g/mol. The molecule has 0 saturated carbocycles. The number of benzene rings is 3. The Balaban J connectivity index is 0.000000283. The highest BCUT2D eigenvalue weighted by Gasteiger charge is 2.15. The predicted octanol–water partition coefficient (Wildman–Crippen LogP) is 3.10. The van der Waals surface area contributed by atoms with Crippen LogP contribution < -0.4 is 21.3 Å². The minimum absolute atomic E-state index is 0.0755. The summed E-state index contributed by atoms with van der Waals surface area (Å²) in [5.74, 6) is -0.164. The summed E-state index contributed by atoms with van der Waals surface area (Å²) < 4.78 is 0. The van der Waals surface area contributed by atoms with Gasteiger partial charge in [0, 0.05) is 46.4 Å². The fraction of sp³-hybridized carbons (Fsp3) is 0.259. The van der Waals surface area contributed by atoms with Gasteiger partial charge in [-0.2, -0.15) is 0 Å². The largest absolute Gasteiger partial charge is 0.507 e. The van der Waals surface area contributed by atoms with Gasteiger partial charge < -0.3 is 51.9 Å². The Morgan fingerprint density at radius 2 is 1.10 bits per heavy atom. The molecule has 0 aliphatic rings. The summed E-state index contributed by atoms with van der Waals surface area (Å²) in [5.41, 5.74) is 4.93. The van der Waals surface area contributed by atoms with Crippen LogP contribution in [0.2, 0.25) is 0 Å². The van der Waals surface area contributed by atoms with Crippen molar-refractivity contribution in [3.05, 3.63) is 75.8 Å². The van der Waals surface area contributed by atoms with Crippen LogP contribution in [0.15, 0.2) is 42.5 Å². The van der Waals surface area contributed by atoms with Crippen LogP contribution in [0.3, 0.4) is 0 Å². The molecule has 3 aromatic rings. The number of nitrogens with one attached hydrogen (secondary N) is 4. The maximum Gasteiger partial charge on any atom is 0.175 e. The standard InChI is InChI=1S/C16H18N2O3S.C11H16N2O3S/c1-10-13(9-20)15(21)11(8-19)7-14(10)18-16(22)17-12-5-3-2-4-6-12;1-6-8(5-15)10(16)7(4-14)3-9(6)13-11(17)12-2/h2-7,19-21H,8-9H2,1H3,(H2,17,18,22);3,14-16H,4-5H2,1-2H3,(H2,12,13,17). The number of thiocarbonyl (C=S) groups is 2. The molecule has 0 radical (unpaired) electrons. The third-order valence-corrected chi connectivity index (χ3v) is 6.45. The van der Waals surface area contributed by atoms with Crippen molar-refractivity contribution in [1.29, 1.82) is 0 Å². The van der Waals surface area contributed by atoms with Crippen LogP contribution >= 0.6 is 24.4 Å². The van der Waals surface area contributed by atoms with Crippen molar-refractivity contribution in [2.24, 2.45) is 0 Å². The Labute approximate surface area is 238 Å². The van der Waals surface area contributed by atoms with Crippen molar-refractivity contribution in [2.45, 2.75) is 40.3 Å². The lowest BCUT2D eigenvalue weighted by Crippen LogP contribution is -2.24. The number of aliphatic hydroxyl groups excluding tert-OH is 4. The summed E-state index contributed by atoms with van der Waals surface area (Å²) in [5, 5.41) is 69.4. The molecule has 39 heavy (non-hydrogen) atoms. The molecule has 0 fully saturated rings. The Morgan fingerprint density at radius 3 is 1.49 bits per heavy atom. The summed E-state index contributed by atoms with van der Waals surface area (Å²) >= 11 is 10.2. The lowest BCUT2D eigenvalue weighted by atomic mass is 10.0. The molecular formula is C27H34N4O6S2. The molecule has 0 amide bonds. The Bertz CT molecular complexity index is 1310. The van der Waals surface area contributed by atoms with E-state index in [1.807, 2.05) is 30.3 Å². The lowest BCUT2D eigenvalue weighted by molar-refractivity contribution is 0.262. The molecule has 0 aromatic heterocycles. The Kier molecular flexibility index (Phi) is 12.3. The maximum absolute atomic E-state index is 9.97. The lowest BCUT2D eigenvalue weighted by Gasteiger charge is -2.17. The van der Waals surface area contributed by atoms with Gasteiger partial charge in [-0.25, -0.2) is 0 Å². The van der Waals surface area contributed by atoms with Gasteiger partial charge in [-0.15, -0.1) is 0 Å². The van der Waals surface area contributed by atoms with Gasteiger partial charge in [-0.3, -0.25) is 0 Å². The van der Waals surface area contributed by atoms with Gasteiger partial charge in [-0.1, -0.05) is 18.2 Å². The molecule has 3 aromatic carbocycles. The molecule has 0 aliphatic heterocycles. The number of phenols is 2. The van der Waals surface area contributed by atoms with Crippen molar-refractivity contribution in [3.8, 4) is 11.5 Å². The topological polar surface area (TPSA) is 169 Å². The first kappa shape index (κ1) is 31.7. The van der Waals surface area contributed by atoms with E-state index >= 15 is 0 Å². The zero-order chi connectivity index (χ0) is 29.1. The van der Waals surface area contributed by atoms with Crippen molar-refractivity contribution in [2.75, 3.05) is 23.0 Å². The first-order valence-corrected chi connectivity index (χ1v) is 12.7. The molecule has 3 rings (SSSR count). The fourth-order valence-electron chi connectivity index (χ4n) is 3.65. The molecule has 10 nitrogen and oxygen atoms in total. The predicted molar refractivity (Wildman–Crippen MR) is 161 cm³/mol. The highest BCUT2D eigenvalue weighted by atomic mass is 32.1. The van der Waals surface area contributed by atoms with E-state index in [0.29, 0.717) is 55.0 Å². The van der Waals surface area contributed by atoms with Gasteiger partial charge in [0.15, 0.2) is 10.2 Å². The van der Waals surface area contributed by atoms with E-state index in [2.05, 4.69) is 21.3 Å². The second kappa shape index (κ2) is 15.2. The van der Waals surface area contributed by atoms with E-state index in [-0.39, 0.29) is 37.9 Å². The van der Waals surface area contributed by atoms with Crippen LogP contribution in [0.25, 0.3) is 0 Å². The van der Waals surface area contributed by atoms with Gasteiger partial charge in [-0.05, 0) is 73.7 Å². The van der Waals surface area contributed by atoms with Crippen LogP contribution in [0.5, 0.6) is 11.5 Å². The van der Waals surface area contributed by atoms with E-state index in [1.165, 1.54) is 0 Å². The third kappa shape index (κ3) is 8.23. The van der Waals surface area contributed by atoms with Gasteiger partial charge >= 0.3 is 0 Å². The van der Waals surface area contributed by atoms with Gasteiger partial charge in [0.25, 0.3) is 0 Å². The normalized spacial score (nSPS) is 10.2. The van der Waals surface area contributed by atoms with E-state index < -0.39 is 0 Å². The number of aromatic hydroxyl groups is 2. The number of anilines is 3. The maximum atomic E-state index is 9.97. The zero-order valence-electron chi connectivity index (χ0n) is 21.9. The van der Waals surface area contributed by atoms with Crippen molar-refractivity contribution < 1.29 is 30.6 Å². The number of aliphatic hydroxyl groups is 4. The summed E-state index contributed by atoms with van der Waals surface area (Å²) in [6, 6.07) is 12.7. The van der Waals surface area contributed by atoms with Crippen molar-refractivity contribution in [1.82, 2.24) is 5.32 Å². The van der Waals surface area contributed by atoms with Crippen LogP contribution in [-0.2, 0) is 26.4 Å². The van der Waals surface area contributed by atoms with E-state index in [4.69, 9.17) is 29.5 Å². The van der Waals surface area contributed by atoms with E-state index in [0.717, 1.165) is 5.69 Å². The second-order valence-electron chi connectivity index (χ2n) is 8.35. The summed E-state index contributed by atoms with van der Waals surface area (Å²) in [6.45, 7) is 2.27. The van der Waals surface area contributed by atoms with Crippen LogP contribution in [-0.4, -0.2) is 47.9 Å². The van der Waals surface area contributed by atoms with E-state index in [9.17, 15) is 25.5 Å². The number of hydrogen-bond donors (Lipinski definition) is 10. The summed E-state index contributed by atoms with van der Waals surface area (Å²) in [4.78, 5) is 0. The smallest absolute Gasteiger partial charge is 0.175 e. The molecule has 0 bridgehead atoms. The number of para-hydroxylation sites is 1. The minimum Gasteiger partial charge on any atom is -0.507 e. The first-order valence-electron chi connectivity index (χ1n) is 11.8. The molecule has 10 N–H and O–H groups in total. The quantitative estimate of drug-likeness (QED) is 0.148. The summed E-state index contributed by atoms with van der Waals surface area (Å²) in [6.07, 6.45) is 0. The van der Waals surface area contributed by atoms with Crippen molar-refractivity contribution >= 4 is 51.7 Å². The Morgan fingerprint density at radius 1 is 0.667 bits per heavy atom. The number of hydrogen-bond acceptors (Lipinski definition) is 8. The molecule has 0 spiro atoms. The van der Waals surface area contributed by atoms with Crippen molar-refractivity contribution in [3.63, 3.8) is 0 Å². The van der Waals surface area contributed by atoms with Gasteiger partial charge in [0.05, 0.1) is 26.4 Å². The SMILES string of the molecule is CNC(=S)Nc1cc(CO)c(O)c(CO)c1C.Cc1c(NC(=S)Nc2ccccc2)cc(CO)c(O)c1CO. The highest BCUT2D eigenvalue weighted by molar-refractivity contribution is 7.80. The monoisotopic (exact) mass is 574 g/mol. The minimum atomic E-state index is -0.327. The van der Waals surface area contributed by atoms with Gasteiger partial charge in [0.2, 0.25) is 0 Å². The molecule has 0 saturated heterocycles. The van der Waals surface area contributed by atoms with Crippen LogP contribution in [0.1, 0.15) is 33.4 Å². The van der Waals surface area contributed by atoms with Crippen LogP contribution in [0, 0.1) is 13.8 Å². The molecule has 0 atom stereocenters. The second-order valence-corrected chi connectivity index (χ2v) is 9.17. The fourth-order valence-corrected chi connectivity index (χ4v) is 3.99. The Hall–Kier alpha value is -3.52. The molecule has 0 heterocycles. The number of rotatable bonds is 7. The van der Waals surface area contributed by atoms with Gasteiger partial charge in [0.1, 0.15) is 11.5 Å². The first-order chi connectivity index (χ1) is 18.6. The van der Waals surface area contributed by atoms with E-state index in [1.54, 1.807) is 33.0 Å². The third-order valence-electron chi connectivity index (χ3n) is 5.94. The zero-order valence-corrected chi connectivity index (χ0v) is 23.5. The molecule has 0 unspecified atom stereocenters. The molecule has 0 aliphatic carbocycles. The average Bonchev–Trinajstić information content (AvgIpc) is 2.93.